The van der Waals surface area contributed by atoms with Crippen molar-refractivity contribution in [1.82, 2.24) is 0 Å². The molecule has 28 heteroatoms. The van der Waals surface area contributed by atoms with Gasteiger partial charge in [-0.2, -0.15) is 0 Å². The molecule has 102 heavy (non-hydrogen) atoms. The number of ketones is 8. The molecule has 0 saturated heterocycles. The second-order valence-corrected chi connectivity index (χ2v) is 19.5. The van der Waals surface area contributed by atoms with Crippen LogP contribution in [0.2, 0.25) is 0 Å². The van der Waals surface area contributed by atoms with Gasteiger partial charge < -0.3 is 66.4 Å². The maximum absolute atomic E-state index is 10.3. The molecule has 0 unspecified atom stereocenters. The average molecular weight is 1490 g/mol. The molecule has 0 bridgehead atoms. The van der Waals surface area contributed by atoms with Crippen molar-refractivity contribution in [3.63, 3.8) is 0 Å². The van der Waals surface area contributed by atoms with Crippen LogP contribution < -0.4 is 0 Å². The van der Waals surface area contributed by atoms with Crippen molar-refractivity contribution in [2.45, 2.75) is 269 Å². The van der Waals surface area contributed by atoms with Crippen LogP contribution in [0.3, 0.4) is 0 Å². The molecule has 0 saturated carbocycles. The van der Waals surface area contributed by atoms with Gasteiger partial charge >= 0.3 is 41.8 Å². The average Bonchev–Trinajstić information content (AvgIpc) is 3.82. The first-order valence-corrected chi connectivity index (χ1v) is 34.8. The highest BCUT2D eigenvalue weighted by molar-refractivity contribution is 5.80. The van der Waals surface area contributed by atoms with Crippen LogP contribution in [-0.4, -0.2) is 217 Å². The maximum Gasteiger partial charge on any atom is 0.305 e. The molecule has 0 N–H and O–H groups in total. The summed E-state index contributed by atoms with van der Waals surface area (Å²) in [5.41, 5.74) is 0. The topological polar surface area (TPSA) is 376 Å². The van der Waals surface area contributed by atoms with Crippen molar-refractivity contribution >= 4 is 88.1 Å². The summed E-state index contributed by atoms with van der Waals surface area (Å²) in [7, 11) is 9.02. The number of carbonyl (C=O) groups excluding carboxylic acids is 15. The fourth-order valence-electron chi connectivity index (χ4n) is 3.94. The monoisotopic (exact) mass is 1490 g/mol. The Balaban J connectivity index is -0.0000000612. The Morgan fingerprint density at radius 1 is 0.225 bits per heavy atom. The zero-order valence-corrected chi connectivity index (χ0v) is 69.4. The zero-order valence-electron chi connectivity index (χ0n) is 69.4. The van der Waals surface area contributed by atoms with Crippen LogP contribution >= 0.6 is 0 Å². The normalized spacial score (nSPS) is 8.49. The molecule has 0 amide bonds. The molecule has 0 aromatic carbocycles. The largest absolute Gasteiger partial charge is 0.469 e. The molecule has 28 nitrogen and oxygen atoms in total. The number of Topliss-reactive ketones (excluding diaryl/α,β-unsaturated/α-hetero) is 8. The van der Waals surface area contributed by atoms with Crippen molar-refractivity contribution in [3.05, 3.63) is 0 Å². The maximum atomic E-state index is 10.3. The Morgan fingerprint density at radius 2 is 0.490 bits per heavy atom. The molecular weight excluding hydrogens is 1340 g/mol. The highest BCUT2D eigenvalue weighted by Crippen LogP contribution is 1.90. The van der Waals surface area contributed by atoms with Crippen molar-refractivity contribution in [2.75, 3.05) is 129 Å². The highest BCUT2D eigenvalue weighted by Gasteiger charge is 1.97. The summed E-state index contributed by atoms with van der Waals surface area (Å²) in [5, 5.41) is 0. The van der Waals surface area contributed by atoms with E-state index in [9.17, 15) is 71.9 Å². The Labute approximate surface area is 616 Å². The number of esters is 7. The van der Waals surface area contributed by atoms with Gasteiger partial charge in [-0.25, -0.2) is 0 Å². The van der Waals surface area contributed by atoms with Crippen molar-refractivity contribution in [3.8, 4) is 0 Å². The minimum absolute atomic E-state index is 0.0850. The molecule has 0 aromatic heterocycles. The third-order valence-corrected chi connectivity index (χ3v) is 9.04. The summed E-state index contributed by atoms with van der Waals surface area (Å²) < 4.78 is 59.2. The molecule has 0 aliphatic heterocycles. The summed E-state index contributed by atoms with van der Waals surface area (Å²) in [6.07, 6.45) is 10.9. The third kappa shape index (κ3) is 242. The van der Waals surface area contributed by atoms with E-state index in [0.29, 0.717) is 129 Å². The number of ether oxygens (including phenoxy) is 13. The van der Waals surface area contributed by atoms with Crippen LogP contribution in [0.5, 0.6) is 0 Å². The van der Waals surface area contributed by atoms with Crippen molar-refractivity contribution in [1.29, 1.82) is 0 Å². The van der Waals surface area contributed by atoms with Gasteiger partial charge in [0.2, 0.25) is 0 Å². The molecule has 0 aromatic rings. The zero-order chi connectivity index (χ0) is 83.4. The quantitative estimate of drug-likeness (QED) is 0.0420. The second kappa shape index (κ2) is 127. The first kappa shape index (κ1) is 132. The Hall–Kier alpha value is -6.59. The van der Waals surface area contributed by atoms with E-state index in [-0.39, 0.29) is 109 Å². The lowest BCUT2D eigenvalue weighted by atomic mass is 10.3. The van der Waals surface area contributed by atoms with Gasteiger partial charge in [0.05, 0.1) is 60.5 Å². The third-order valence-electron chi connectivity index (χ3n) is 9.04. The number of hydrogen-bond donors (Lipinski definition) is 0. The molecule has 0 spiro atoms. The minimum Gasteiger partial charge on any atom is -0.469 e. The van der Waals surface area contributed by atoms with E-state index < -0.39 is 0 Å². The molecule has 0 rings (SSSR count). The molecule has 0 radical (unpaired) electrons. The van der Waals surface area contributed by atoms with Gasteiger partial charge in [0.15, 0.2) is 23.1 Å². The van der Waals surface area contributed by atoms with E-state index in [1.54, 1.807) is 69.6 Å². The number of carbonyl (C=O) groups is 15. The van der Waals surface area contributed by atoms with Crippen LogP contribution in [0.25, 0.3) is 0 Å². The summed E-state index contributed by atoms with van der Waals surface area (Å²) in [5.74, 6) is 0.390. The fourth-order valence-corrected chi connectivity index (χ4v) is 3.94. The van der Waals surface area contributed by atoms with E-state index in [4.69, 9.17) is 9.47 Å². The summed E-state index contributed by atoms with van der Waals surface area (Å²) in [4.78, 5) is 152. The van der Waals surface area contributed by atoms with E-state index in [1.807, 2.05) is 76.2 Å². The number of rotatable bonds is 35. The summed E-state index contributed by atoms with van der Waals surface area (Å²) in [6, 6.07) is 0. The van der Waals surface area contributed by atoms with E-state index >= 15 is 0 Å². The Bertz CT molecular complexity index is 1590. The number of methoxy groups -OCH3 is 6. The molecular formula is C74H148O28. The van der Waals surface area contributed by atoms with Gasteiger partial charge in [0.25, 0.3) is 0 Å². The molecule has 0 fully saturated rings. The molecule has 0 heterocycles. The van der Waals surface area contributed by atoms with Crippen molar-refractivity contribution in [2.24, 2.45) is 0 Å². The Kier molecular flexibility index (Phi) is 164. The van der Waals surface area contributed by atoms with Gasteiger partial charge in [-0.05, 0) is 101 Å². The predicted molar refractivity (Wildman–Crippen MR) is 398 cm³/mol. The van der Waals surface area contributed by atoms with Crippen LogP contribution in [-0.2, 0) is 133 Å². The van der Waals surface area contributed by atoms with Gasteiger partial charge in [0, 0.05) is 133 Å². The van der Waals surface area contributed by atoms with Gasteiger partial charge in [0.1, 0.15) is 49.6 Å². The van der Waals surface area contributed by atoms with E-state index in [2.05, 4.69) is 52.1 Å². The molecule has 0 aliphatic rings. The summed E-state index contributed by atoms with van der Waals surface area (Å²) in [6.45, 7) is 47.8. The summed E-state index contributed by atoms with van der Waals surface area (Å²) >= 11 is 0. The van der Waals surface area contributed by atoms with Gasteiger partial charge in [-0.1, -0.05) is 76.2 Å². The Morgan fingerprint density at radius 3 is 0.549 bits per heavy atom. The first-order chi connectivity index (χ1) is 47.8. The van der Waals surface area contributed by atoms with Gasteiger partial charge in [-0.3, -0.25) is 67.1 Å². The van der Waals surface area contributed by atoms with Crippen LogP contribution in [0.15, 0.2) is 0 Å². The fraction of sp³-hybridized carbons (Fsp3) is 0.797. The molecule has 0 atom stereocenters. The lowest BCUT2D eigenvalue weighted by Crippen LogP contribution is -2.03. The smallest absolute Gasteiger partial charge is 0.305 e. The number of hydrogen-bond acceptors (Lipinski definition) is 28. The van der Waals surface area contributed by atoms with Crippen molar-refractivity contribution < 1.29 is 133 Å². The second-order valence-electron chi connectivity index (χ2n) is 19.5. The SMILES string of the molecule is CCC(=O)CC.CCC(=O)COC.CCC(=O)COC.CCCC(=O)OC.CCCC(=O)OC.CCCC(C)=O.CCCOC(C)=O.CCCOC(C)=O.CCOC(=O)CC.CCOC(=O)CC.CCOC(C)=O.CCOCC(C)=O.CCOCC(C)=O.COCCC(C)=O.COCCC(C)=O. The predicted octanol–water partition coefficient (Wildman–Crippen LogP) is 12.7. The van der Waals surface area contributed by atoms with Crippen LogP contribution in [0.1, 0.15) is 269 Å². The van der Waals surface area contributed by atoms with Gasteiger partial charge in [-0.15, -0.1) is 0 Å². The van der Waals surface area contributed by atoms with Crippen LogP contribution in [0, 0.1) is 0 Å². The highest BCUT2D eigenvalue weighted by atomic mass is 16.6. The minimum atomic E-state index is -0.211. The lowest BCUT2D eigenvalue weighted by molar-refractivity contribution is -0.143. The molecule has 612 valence electrons. The lowest BCUT2D eigenvalue weighted by Gasteiger charge is -1.93. The van der Waals surface area contributed by atoms with E-state index in [0.717, 1.165) is 38.5 Å². The molecule has 0 aliphatic carbocycles. The standard InChI is InChI=1S/12C5H10O2.2C5H10O.C4H8O2/c2*1-5(6)3-4-7-2;2*1-3-5(6)4-7-2;2*1-3-7-4-5(2)6;2*1-3-4-5(6)7-2;2*1-3-4-7-5(2)6;2*1-3-5(6)7-4-2;1-3-4-5(2)6;1-3-5(6)4-2;1-3-6-4(2)5/h12*3-4H2,1-2H3;2*3-4H2,1-2H3;3H2,1-2H3. The van der Waals surface area contributed by atoms with Crippen LogP contribution in [0.4, 0.5) is 0 Å². The first-order valence-electron chi connectivity index (χ1n) is 34.8. The van der Waals surface area contributed by atoms with E-state index in [1.165, 1.54) is 63.1 Å².